The molecule has 5 atom stereocenters. The first-order valence-corrected chi connectivity index (χ1v) is 5.27. The topological polar surface area (TPSA) is 68.2 Å². The Balaban J connectivity index is 2.62. The fourth-order valence-corrected chi connectivity index (χ4v) is 1.64. The Bertz CT molecular complexity index is 187. The van der Waals surface area contributed by atoms with Crippen LogP contribution in [-0.2, 0) is 14.2 Å². The van der Waals surface area contributed by atoms with E-state index in [9.17, 15) is 10.2 Å². The molecule has 0 bridgehead atoms. The molecule has 0 aromatic rings. The maximum absolute atomic E-state index is 9.81. The molecule has 1 heterocycles. The van der Waals surface area contributed by atoms with E-state index in [0.717, 1.165) is 6.42 Å². The van der Waals surface area contributed by atoms with Crippen LogP contribution in [0.5, 0.6) is 0 Å². The van der Waals surface area contributed by atoms with Crippen LogP contribution in [-0.4, -0.2) is 54.6 Å². The first-order valence-electron chi connectivity index (χ1n) is 5.27. The van der Waals surface area contributed by atoms with Crippen molar-refractivity contribution in [2.24, 2.45) is 0 Å². The van der Waals surface area contributed by atoms with Gasteiger partial charge in [-0.15, -0.1) is 0 Å². The molecular weight excluding hydrogens is 200 g/mol. The molecule has 2 N–H and O–H groups in total. The minimum absolute atomic E-state index is 0.403. The second-order valence-corrected chi connectivity index (χ2v) is 3.76. The SMILES string of the molecule is CCCO[C@H]1[C@@H](O)[C@H](OC)O[C@@H](C)[C@H]1O. The standard InChI is InChI=1S/C10H20O5/c1-4-5-14-9-7(11)6(2)15-10(13-3)8(9)12/h6-12H,4-5H2,1-3H3/t6-,7+,8+,9+,10+/m0/s1. The molecule has 0 aliphatic carbocycles. The molecule has 0 saturated carbocycles. The third kappa shape index (κ3) is 2.89. The van der Waals surface area contributed by atoms with Crippen molar-refractivity contribution >= 4 is 0 Å². The third-order valence-electron chi connectivity index (χ3n) is 2.53. The molecule has 1 aliphatic heterocycles. The molecule has 1 rings (SSSR count). The lowest BCUT2D eigenvalue weighted by Gasteiger charge is -2.40. The zero-order valence-corrected chi connectivity index (χ0v) is 9.42. The van der Waals surface area contributed by atoms with E-state index in [1.54, 1.807) is 6.92 Å². The molecule has 0 aromatic carbocycles. The van der Waals surface area contributed by atoms with Gasteiger partial charge in [-0.1, -0.05) is 6.92 Å². The predicted octanol–water partition coefficient (Wildman–Crippen LogP) is -0.105. The summed E-state index contributed by atoms with van der Waals surface area (Å²) in [6.45, 7) is 4.20. The summed E-state index contributed by atoms with van der Waals surface area (Å²) >= 11 is 0. The molecule has 5 nitrogen and oxygen atoms in total. The van der Waals surface area contributed by atoms with Crippen LogP contribution in [0, 0.1) is 0 Å². The second kappa shape index (κ2) is 5.77. The maximum Gasteiger partial charge on any atom is 0.186 e. The molecule has 0 unspecified atom stereocenters. The van der Waals surface area contributed by atoms with Crippen molar-refractivity contribution in [3.05, 3.63) is 0 Å². The summed E-state index contributed by atoms with van der Waals surface area (Å²) in [5, 5.41) is 19.6. The summed E-state index contributed by atoms with van der Waals surface area (Å²) in [6.07, 6.45) is -2.71. The highest BCUT2D eigenvalue weighted by atomic mass is 16.7. The van der Waals surface area contributed by atoms with Crippen molar-refractivity contribution in [1.82, 2.24) is 0 Å². The van der Waals surface area contributed by atoms with Gasteiger partial charge in [0.05, 0.1) is 6.10 Å². The fourth-order valence-electron chi connectivity index (χ4n) is 1.64. The maximum atomic E-state index is 9.81. The smallest absolute Gasteiger partial charge is 0.186 e. The number of aliphatic hydroxyl groups is 2. The van der Waals surface area contributed by atoms with Crippen LogP contribution in [0.3, 0.4) is 0 Å². The molecule has 0 spiro atoms. The fraction of sp³-hybridized carbons (Fsp3) is 1.00. The first-order chi connectivity index (χ1) is 7.11. The van der Waals surface area contributed by atoms with Gasteiger partial charge in [-0.05, 0) is 13.3 Å². The molecule has 1 fully saturated rings. The lowest BCUT2D eigenvalue weighted by atomic mass is 10.00. The number of ether oxygens (including phenoxy) is 3. The van der Waals surface area contributed by atoms with Crippen LogP contribution in [0.2, 0.25) is 0 Å². The minimum atomic E-state index is -0.951. The quantitative estimate of drug-likeness (QED) is 0.692. The van der Waals surface area contributed by atoms with E-state index < -0.39 is 30.7 Å². The third-order valence-corrected chi connectivity index (χ3v) is 2.53. The zero-order valence-electron chi connectivity index (χ0n) is 9.42. The highest BCUT2D eigenvalue weighted by molar-refractivity contribution is 4.88. The molecule has 90 valence electrons. The van der Waals surface area contributed by atoms with Gasteiger partial charge in [0.25, 0.3) is 0 Å². The van der Waals surface area contributed by atoms with E-state index in [1.165, 1.54) is 7.11 Å². The average molecular weight is 220 g/mol. The van der Waals surface area contributed by atoms with Gasteiger partial charge in [0.2, 0.25) is 0 Å². The molecule has 1 aliphatic rings. The lowest BCUT2D eigenvalue weighted by Crippen LogP contribution is -2.58. The number of rotatable bonds is 4. The molecule has 15 heavy (non-hydrogen) atoms. The van der Waals surface area contributed by atoms with Gasteiger partial charge < -0.3 is 24.4 Å². The molecule has 0 amide bonds. The summed E-state index contributed by atoms with van der Waals surface area (Å²) in [5.74, 6) is 0. The average Bonchev–Trinajstić information content (AvgIpc) is 2.23. The van der Waals surface area contributed by atoms with Crippen LogP contribution in [0.25, 0.3) is 0 Å². The second-order valence-electron chi connectivity index (χ2n) is 3.76. The van der Waals surface area contributed by atoms with Gasteiger partial charge >= 0.3 is 0 Å². The number of hydrogen-bond acceptors (Lipinski definition) is 5. The first kappa shape index (κ1) is 12.9. The molecular formula is C10H20O5. The van der Waals surface area contributed by atoms with Crippen molar-refractivity contribution < 1.29 is 24.4 Å². The van der Waals surface area contributed by atoms with Crippen LogP contribution in [0.1, 0.15) is 20.3 Å². The number of hydrogen-bond donors (Lipinski definition) is 2. The van der Waals surface area contributed by atoms with Gasteiger partial charge in [-0.25, -0.2) is 0 Å². The van der Waals surface area contributed by atoms with E-state index in [0.29, 0.717) is 6.61 Å². The summed E-state index contributed by atoms with van der Waals surface area (Å²) in [6, 6.07) is 0. The van der Waals surface area contributed by atoms with Crippen LogP contribution in [0.15, 0.2) is 0 Å². The molecule has 0 radical (unpaired) electrons. The van der Waals surface area contributed by atoms with Crippen molar-refractivity contribution in [1.29, 1.82) is 0 Å². The van der Waals surface area contributed by atoms with Crippen molar-refractivity contribution in [3.63, 3.8) is 0 Å². The number of aliphatic hydroxyl groups excluding tert-OH is 2. The Morgan fingerprint density at radius 1 is 1.27 bits per heavy atom. The predicted molar refractivity (Wildman–Crippen MR) is 53.4 cm³/mol. The number of methoxy groups -OCH3 is 1. The monoisotopic (exact) mass is 220 g/mol. The minimum Gasteiger partial charge on any atom is -0.388 e. The Labute approximate surface area is 89.9 Å². The van der Waals surface area contributed by atoms with Gasteiger partial charge in [-0.3, -0.25) is 0 Å². The normalized spacial score (nSPS) is 41.8. The van der Waals surface area contributed by atoms with E-state index >= 15 is 0 Å². The molecule has 5 heteroatoms. The van der Waals surface area contributed by atoms with Gasteiger partial charge in [0, 0.05) is 13.7 Å². The largest absolute Gasteiger partial charge is 0.388 e. The zero-order chi connectivity index (χ0) is 11.4. The van der Waals surface area contributed by atoms with E-state index in [1.807, 2.05) is 6.92 Å². The van der Waals surface area contributed by atoms with Gasteiger partial charge in [-0.2, -0.15) is 0 Å². The highest BCUT2D eigenvalue weighted by Crippen LogP contribution is 2.23. The Kier molecular flexibility index (Phi) is 4.95. The summed E-state index contributed by atoms with van der Waals surface area (Å²) in [5.41, 5.74) is 0. The highest BCUT2D eigenvalue weighted by Gasteiger charge is 2.43. The summed E-state index contributed by atoms with van der Waals surface area (Å²) in [4.78, 5) is 0. The Morgan fingerprint density at radius 2 is 1.93 bits per heavy atom. The van der Waals surface area contributed by atoms with Crippen molar-refractivity contribution in [2.45, 2.75) is 51.0 Å². The van der Waals surface area contributed by atoms with Crippen molar-refractivity contribution in [2.75, 3.05) is 13.7 Å². The summed E-state index contributed by atoms with van der Waals surface area (Å²) in [7, 11) is 1.45. The van der Waals surface area contributed by atoms with Crippen molar-refractivity contribution in [3.8, 4) is 0 Å². The Hall–Kier alpha value is -0.200. The Morgan fingerprint density at radius 3 is 2.47 bits per heavy atom. The lowest BCUT2D eigenvalue weighted by molar-refractivity contribution is -0.293. The van der Waals surface area contributed by atoms with Gasteiger partial charge in [0.1, 0.15) is 18.3 Å². The van der Waals surface area contributed by atoms with Crippen LogP contribution in [0.4, 0.5) is 0 Å². The molecule has 1 saturated heterocycles. The summed E-state index contributed by atoms with van der Waals surface area (Å²) < 4.78 is 15.6. The molecule has 0 aromatic heterocycles. The van der Waals surface area contributed by atoms with E-state index in [-0.39, 0.29) is 0 Å². The van der Waals surface area contributed by atoms with Crippen LogP contribution < -0.4 is 0 Å². The van der Waals surface area contributed by atoms with E-state index in [2.05, 4.69) is 0 Å². The van der Waals surface area contributed by atoms with Crippen LogP contribution >= 0.6 is 0 Å². The van der Waals surface area contributed by atoms with E-state index in [4.69, 9.17) is 14.2 Å². The van der Waals surface area contributed by atoms with Gasteiger partial charge in [0.15, 0.2) is 6.29 Å².